The average Bonchev–Trinajstić information content (AvgIpc) is 2.67. The molecular weight excluding hydrogens is 344 g/mol. The van der Waals surface area contributed by atoms with E-state index in [0.717, 1.165) is 32.0 Å². The molecule has 0 radical (unpaired) electrons. The maximum absolute atomic E-state index is 12.4. The van der Waals surface area contributed by atoms with Crippen LogP contribution in [-0.2, 0) is 9.53 Å². The molecule has 1 aliphatic carbocycles. The van der Waals surface area contributed by atoms with E-state index in [0.29, 0.717) is 24.7 Å². The summed E-state index contributed by atoms with van der Waals surface area (Å²) in [6.07, 6.45) is 9.15. The highest BCUT2D eigenvalue weighted by Crippen LogP contribution is 2.29. The molecule has 3 aliphatic rings. The van der Waals surface area contributed by atoms with E-state index in [4.69, 9.17) is 4.74 Å². The number of nitrogens with zero attached hydrogens (tertiary/aromatic N) is 3. The van der Waals surface area contributed by atoms with Crippen molar-refractivity contribution in [2.45, 2.75) is 50.3 Å². The number of likely N-dealkylation sites (tertiary alicyclic amines) is 1. The van der Waals surface area contributed by atoms with Crippen LogP contribution in [0.5, 0.6) is 0 Å². The first kappa shape index (κ1) is 18.4. The van der Waals surface area contributed by atoms with Gasteiger partial charge < -0.3 is 19.9 Å². The number of pyridine rings is 1. The van der Waals surface area contributed by atoms with Gasteiger partial charge in [-0.15, -0.1) is 0 Å². The van der Waals surface area contributed by atoms with Gasteiger partial charge in [-0.1, -0.05) is 6.42 Å². The molecule has 3 heterocycles. The molecule has 27 heavy (non-hydrogen) atoms. The number of carbonyl (C=O) groups is 2. The van der Waals surface area contributed by atoms with Crippen molar-refractivity contribution >= 4 is 11.8 Å². The summed E-state index contributed by atoms with van der Waals surface area (Å²) in [5, 5.41) is 2.91. The van der Waals surface area contributed by atoms with E-state index >= 15 is 0 Å². The molecule has 2 amide bonds. The first-order valence-electron chi connectivity index (χ1n) is 10.0. The molecule has 0 spiro atoms. The minimum Gasteiger partial charge on any atom is -0.365 e. The topological polar surface area (TPSA) is 74.8 Å². The van der Waals surface area contributed by atoms with E-state index in [9.17, 15) is 9.59 Å². The van der Waals surface area contributed by atoms with E-state index in [-0.39, 0.29) is 24.5 Å². The average molecular weight is 372 g/mol. The number of ether oxygens (including phenoxy) is 1. The van der Waals surface area contributed by atoms with Crippen LogP contribution in [0, 0.1) is 0 Å². The molecule has 7 nitrogen and oxygen atoms in total. The van der Waals surface area contributed by atoms with Gasteiger partial charge in [-0.2, -0.15) is 0 Å². The Kier molecular flexibility index (Phi) is 5.69. The van der Waals surface area contributed by atoms with Crippen LogP contribution in [0.3, 0.4) is 0 Å². The second-order valence-corrected chi connectivity index (χ2v) is 7.78. The van der Waals surface area contributed by atoms with Crippen molar-refractivity contribution in [3.8, 4) is 0 Å². The highest BCUT2D eigenvalue weighted by Gasteiger charge is 2.35. The fourth-order valence-corrected chi connectivity index (χ4v) is 4.25. The summed E-state index contributed by atoms with van der Waals surface area (Å²) < 4.78 is 5.65. The van der Waals surface area contributed by atoms with E-state index < -0.39 is 0 Å². The molecule has 1 atom stereocenters. The SMILES string of the molecule is O=C(NC[C@@H]1CN(C2CCN(C3CCC3)CC2)C(=O)CO1)c1ccncc1. The molecular formula is C20H28N4O3. The summed E-state index contributed by atoms with van der Waals surface area (Å²) in [4.78, 5) is 33.1. The van der Waals surface area contributed by atoms with Crippen LogP contribution in [0.1, 0.15) is 42.5 Å². The molecule has 0 aromatic carbocycles. The van der Waals surface area contributed by atoms with Crippen molar-refractivity contribution in [3.63, 3.8) is 0 Å². The standard InChI is InChI=1S/C20H28N4O3/c25-19-14-27-18(12-22-20(26)15-4-8-21-9-5-15)13-24(19)17-6-10-23(11-7-17)16-2-1-3-16/h4-5,8-9,16-18H,1-3,6-7,10-14H2,(H,22,26)/t18-/m1/s1. The highest BCUT2D eigenvalue weighted by atomic mass is 16.5. The predicted molar refractivity (Wildman–Crippen MR) is 100 cm³/mol. The number of piperidine rings is 1. The highest BCUT2D eigenvalue weighted by molar-refractivity contribution is 5.94. The first-order valence-corrected chi connectivity index (χ1v) is 10.0. The Morgan fingerprint density at radius 3 is 2.56 bits per heavy atom. The lowest BCUT2D eigenvalue weighted by Crippen LogP contribution is -2.57. The van der Waals surface area contributed by atoms with Crippen molar-refractivity contribution in [2.75, 3.05) is 32.8 Å². The zero-order valence-corrected chi connectivity index (χ0v) is 15.7. The van der Waals surface area contributed by atoms with Gasteiger partial charge in [-0.05, 0) is 37.8 Å². The number of carbonyl (C=O) groups excluding carboxylic acids is 2. The molecule has 0 bridgehead atoms. The molecule has 3 fully saturated rings. The fraction of sp³-hybridized carbons (Fsp3) is 0.650. The third-order valence-electron chi connectivity index (χ3n) is 6.13. The molecule has 1 aromatic rings. The molecule has 2 aliphatic heterocycles. The number of nitrogens with one attached hydrogen (secondary N) is 1. The van der Waals surface area contributed by atoms with Crippen molar-refractivity contribution in [1.82, 2.24) is 20.1 Å². The molecule has 4 rings (SSSR count). The van der Waals surface area contributed by atoms with Crippen LogP contribution in [0.25, 0.3) is 0 Å². The van der Waals surface area contributed by atoms with Gasteiger partial charge in [0.1, 0.15) is 6.61 Å². The van der Waals surface area contributed by atoms with Crippen LogP contribution < -0.4 is 5.32 Å². The molecule has 2 saturated heterocycles. The predicted octanol–water partition coefficient (Wildman–Crippen LogP) is 1.06. The van der Waals surface area contributed by atoms with Crippen molar-refractivity contribution < 1.29 is 14.3 Å². The van der Waals surface area contributed by atoms with Crippen molar-refractivity contribution in [3.05, 3.63) is 30.1 Å². The fourth-order valence-electron chi connectivity index (χ4n) is 4.25. The second kappa shape index (κ2) is 8.35. The van der Waals surface area contributed by atoms with Gasteiger partial charge in [0.05, 0.1) is 6.10 Å². The van der Waals surface area contributed by atoms with Gasteiger partial charge in [0, 0.05) is 56.2 Å². The Morgan fingerprint density at radius 2 is 1.89 bits per heavy atom. The lowest BCUT2D eigenvalue weighted by atomic mass is 9.89. The number of amides is 2. The monoisotopic (exact) mass is 372 g/mol. The van der Waals surface area contributed by atoms with E-state index in [1.165, 1.54) is 19.3 Å². The smallest absolute Gasteiger partial charge is 0.251 e. The van der Waals surface area contributed by atoms with Gasteiger partial charge in [0.15, 0.2) is 0 Å². The number of hydrogen-bond acceptors (Lipinski definition) is 5. The lowest BCUT2D eigenvalue weighted by Gasteiger charge is -2.45. The summed E-state index contributed by atoms with van der Waals surface area (Å²) in [5.74, 6) is -0.0629. The Balaban J connectivity index is 1.27. The van der Waals surface area contributed by atoms with Gasteiger partial charge >= 0.3 is 0 Å². The Hall–Kier alpha value is -1.99. The first-order chi connectivity index (χ1) is 13.2. The van der Waals surface area contributed by atoms with Crippen molar-refractivity contribution in [1.29, 1.82) is 0 Å². The number of hydrogen-bond donors (Lipinski definition) is 1. The third kappa shape index (κ3) is 4.30. The number of morpholine rings is 1. The van der Waals surface area contributed by atoms with Crippen LogP contribution in [0.15, 0.2) is 24.5 Å². The summed E-state index contributed by atoms with van der Waals surface area (Å²) in [6.45, 7) is 3.25. The molecule has 1 N–H and O–H groups in total. The minimum absolute atomic E-state index is 0.0776. The second-order valence-electron chi connectivity index (χ2n) is 7.78. The van der Waals surface area contributed by atoms with E-state index in [1.807, 2.05) is 4.90 Å². The van der Waals surface area contributed by atoms with Crippen molar-refractivity contribution in [2.24, 2.45) is 0 Å². The summed E-state index contributed by atoms with van der Waals surface area (Å²) in [7, 11) is 0. The minimum atomic E-state index is -0.154. The summed E-state index contributed by atoms with van der Waals surface area (Å²) >= 11 is 0. The van der Waals surface area contributed by atoms with Gasteiger partial charge in [0.2, 0.25) is 5.91 Å². The van der Waals surface area contributed by atoms with Gasteiger partial charge in [0.25, 0.3) is 5.91 Å². The molecule has 1 saturated carbocycles. The largest absolute Gasteiger partial charge is 0.365 e. The Morgan fingerprint density at radius 1 is 1.15 bits per heavy atom. The molecule has 146 valence electrons. The molecule has 7 heteroatoms. The van der Waals surface area contributed by atoms with Gasteiger partial charge in [-0.25, -0.2) is 0 Å². The third-order valence-corrected chi connectivity index (χ3v) is 6.13. The normalized spacial score (nSPS) is 25.3. The zero-order valence-electron chi connectivity index (χ0n) is 15.7. The van der Waals surface area contributed by atoms with Crippen LogP contribution >= 0.6 is 0 Å². The molecule has 1 aromatic heterocycles. The Labute approximate surface area is 160 Å². The van der Waals surface area contributed by atoms with E-state index in [1.54, 1.807) is 24.5 Å². The summed E-state index contributed by atoms with van der Waals surface area (Å²) in [5.41, 5.74) is 0.581. The van der Waals surface area contributed by atoms with Crippen LogP contribution in [0.2, 0.25) is 0 Å². The summed E-state index contributed by atoms with van der Waals surface area (Å²) in [6, 6.07) is 4.45. The van der Waals surface area contributed by atoms with Crippen LogP contribution in [0.4, 0.5) is 0 Å². The maximum atomic E-state index is 12.4. The molecule has 0 unspecified atom stereocenters. The Bertz CT molecular complexity index is 656. The lowest BCUT2D eigenvalue weighted by molar-refractivity contribution is -0.153. The quantitative estimate of drug-likeness (QED) is 0.836. The van der Waals surface area contributed by atoms with E-state index in [2.05, 4.69) is 15.2 Å². The zero-order chi connectivity index (χ0) is 18.6. The maximum Gasteiger partial charge on any atom is 0.251 e. The number of aromatic nitrogens is 1. The number of rotatable bonds is 5. The van der Waals surface area contributed by atoms with Crippen LogP contribution in [-0.4, -0.2) is 77.6 Å². The van der Waals surface area contributed by atoms with Gasteiger partial charge in [-0.3, -0.25) is 14.6 Å².